The van der Waals surface area contributed by atoms with Crippen molar-refractivity contribution < 1.29 is 13.9 Å². The standard InChI is InChI=1S/C16H16ClFN2O2/c1-19-9-12(17)8-14(19)16(21)20-6-7-22-15(10-20)11-2-4-13(18)5-3-11/h2-5,8-9,15H,6-7,10H2,1H3/t15-/m0/s1. The molecule has 4 nitrogen and oxygen atoms in total. The summed E-state index contributed by atoms with van der Waals surface area (Å²) in [6.07, 6.45) is 1.46. The highest BCUT2D eigenvalue weighted by atomic mass is 35.5. The van der Waals surface area contributed by atoms with Gasteiger partial charge in [-0.25, -0.2) is 4.39 Å². The van der Waals surface area contributed by atoms with E-state index in [-0.39, 0.29) is 17.8 Å². The highest BCUT2D eigenvalue weighted by Crippen LogP contribution is 2.24. The fourth-order valence-corrected chi connectivity index (χ4v) is 2.86. The lowest BCUT2D eigenvalue weighted by atomic mass is 10.1. The Morgan fingerprint density at radius 1 is 1.36 bits per heavy atom. The molecule has 2 heterocycles. The van der Waals surface area contributed by atoms with Gasteiger partial charge >= 0.3 is 0 Å². The number of amides is 1. The lowest BCUT2D eigenvalue weighted by Crippen LogP contribution is -2.42. The normalized spacial score (nSPS) is 18.5. The summed E-state index contributed by atoms with van der Waals surface area (Å²) >= 11 is 5.94. The highest BCUT2D eigenvalue weighted by Gasteiger charge is 2.27. The number of aryl methyl sites for hydroxylation is 1. The fourth-order valence-electron chi connectivity index (χ4n) is 2.61. The van der Waals surface area contributed by atoms with E-state index in [1.54, 1.807) is 40.9 Å². The lowest BCUT2D eigenvalue weighted by molar-refractivity contribution is -0.0231. The molecule has 0 N–H and O–H groups in total. The lowest BCUT2D eigenvalue weighted by Gasteiger charge is -2.33. The zero-order chi connectivity index (χ0) is 15.7. The zero-order valence-electron chi connectivity index (χ0n) is 12.1. The molecule has 1 saturated heterocycles. The van der Waals surface area contributed by atoms with Crippen LogP contribution in [0.5, 0.6) is 0 Å². The fraction of sp³-hybridized carbons (Fsp3) is 0.312. The van der Waals surface area contributed by atoms with E-state index in [9.17, 15) is 9.18 Å². The topological polar surface area (TPSA) is 34.5 Å². The summed E-state index contributed by atoms with van der Waals surface area (Å²) in [4.78, 5) is 14.3. The van der Waals surface area contributed by atoms with Crippen molar-refractivity contribution in [2.24, 2.45) is 7.05 Å². The third kappa shape index (κ3) is 3.00. The SMILES string of the molecule is Cn1cc(Cl)cc1C(=O)N1CCO[C@H](c2ccc(F)cc2)C1. The molecule has 3 rings (SSSR count). The number of hydrogen-bond donors (Lipinski definition) is 0. The van der Waals surface area contributed by atoms with Gasteiger partial charge < -0.3 is 14.2 Å². The monoisotopic (exact) mass is 322 g/mol. The number of halogens is 2. The van der Waals surface area contributed by atoms with Crippen molar-refractivity contribution in [2.75, 3.05) is 19.7 Å². The van der Waals surface area contributed by atoms with Crippen LogP contribution in [0, 0.1) is 5.82 Å². The number of rotatable bonds is 2. The van der Waals surface area contributed by atoms with E-state index in [0.717, 1.165) is 5.56 Å². The van der Waals surface area contributed by atoms with Crippen LogP contribution in [0.2, 0.25) is 5.02 Å². The molecule has 0 radical (unpaired) electrons. The van der Waals surface area contributed by atoms with Crippen LogP contribution in [0.25, 0.3) is 0 Å². The van der Waals surface area contributed by atoms with Crippen LogP contribution in [0.1, 0.15) is 22.2 Å². The molecule has 116 valence electrons. The molecule has 1 aromatic carbocycles. The minimum Gasteiger partial charge on any atom is -0.370 e. The number of hydrogen-bond acceptors (Lipinski definition) is 2. The van der Waals surface area contributed by atoms with Crippen LogP contribution in [0.3, 0.4) is 0 Å². The summed E-state index contributed by atoms with van der Waals surface area (Å²) in [7, 11) is 1.79. The Morgan fingerprint density at radius 3 is 2.73 bits per heavy atom. The van der Waals surface area contributed by atoms with E-state index in [1.807, 2.05) is 0 Å². The van der Waals surface area contributed by atoms with Gasteiger partial charge in [-0.1, -0.05) is 23.7 Å². The van der Waals surface area contributed by atoms with E-state index in [0.29, 0.717) is 30.4 Å². The molecular weight excluding hydrogens is 307 g/mol. The molecule has 2 aromatic rings. The zero-order valence-corrected chi connectivity index (χ0v) is 12.9. The molecule has 0 spiro atoms. The van der Waals surface area contributed by atoms with Crippen LogP contribution in [0.4, 0.5) is 4.39 Å². The average molecular weight is 323 g/mol. The first-order valence-electron chi connectivity index (χ1n) is 7.03. The molecule has 1 fully saturated rings. The third-order valence-corrected chi connectivity index (χ3v) is 3.99. The molecule has 1 atom stereocenters. The van der Waals surface area contributed by atoms with E-state index in [4.69, 9.17) is 16.3 Å². The van der Waals surface area contributed by atoms with Crippen LogP contribution in [-0.4, -0.2) is 35.1 Å². The second-order valence-electron chi connectivity index (χ2n) is 5.32. The van der Waals surface area contributed by atoms with Gasteiger partial charge in [-0.2, -0.15) is 0 Å². The van der Waals surface area contributed by atoms with Gasteiger partial charge in [0.25, 0.3) is 5.91 Å². The summed E-state index contributed by atoms with van der Waals surface area (Å²) < 4.78 is 20.4. The maximum Gasteiger partial charge on any atom is 0.270 e. The summed E-state index contributed by atoms with van der Waals surface area (Å²) in [6, 6.07) is 7.83. The highest BCUT2D eigenvalue weighted by molar-refractivity contribution is 6.31. The van der Waals surface area contributed by atoms with Gasteiger partial charge in [0.2, 0.25) is 0 Å². The number of nitrogens with zero attached hydrogens (tertiary/aromatic N) is 2. The maximum absolute atomic E-state index is 13.0. The van der Waals surface area contributed by atoms with Gasteiger partial charge in [-0.15, -0.1) is 0 Å². The van der Waals surface area contributed by atoms with E-state index < -0.39 is 0 Å². The van der Waals surface area contributed by atoms with E-state index >= 15 is 0 Å². The number of carbonyl (C=O) groups excluding carboxylic acids is 1. The molecule has 22 heavy (non-hydrogen) atoms. The summed E-state index contributed by atoms with van der Waals surface area (Å²) in [5.41, 5.74) is 1.41. The summed E-state index contributed by atoms with van der Waals surface area (Å²) in [6.45, 7) is 1.42. The smallest absolute Gasteiger partial charge is 0.270 e. The minimum atomic E-state index is -0.286. The number of morpholine rings is 1. The van der Waals surface area contributed by atoms with E-state index in [2.05, 4.69) is 0 Å². The maximum atomic E-state index is 13.0. The molecular formula is C16H16ClFN2O2. The molecule has 0 saturated carbocycles. The van der Waals surface area contributed by atoms with Crippen LogP contribution >= 0.6 is 11.6 Å². The molecule has 1 aliphatic rings. The number of carbonyl (C=O) groups is 1. The third-order valence-electron chi connectivity index (χ3n) is 3.79. The second kappa shape index (κ2) is 6.10. The average Bonchev–Trinajstić information content (AvgIpc) is 2.86. The quantitative estimate of drug-likeness (QED) is 0.851. The molecule has 1 amide bonds. The minimum absolute atomic E-state index is 0.0789. The second-order valence-corrected chi connectivity index (χ2v) is 5.75. The van der Waals surface area contributed by atoms with Crippen molar-refractivity contribution >= 4 is 17.5 Å². The van der Waals surface area contributed by atoms with Gasteiger partial charge in [-0.05, 0) is 23.8 Å². The Bertz CT molecular complexity index is 684. The van der Waals surface area contributed by atoms with Gasteiger partial charge in [-0.3, -0.25) is 4.79 Å². The molecule has 0 aliphatic carbocycles. The van der Waals surface area contributed by atoms with Crippen LogP contribution in [-0.2, 0) is 11.8 Å². The van der Waals surface area contributed by atoms with E-state index in [1.165, 1.54) is 12.1 Å². The van der Waals surface area contributed by atoms with Crippen molar-refractivity contribution in [1.29, 1.82) is 0 Å². The first-order valence-corrected chi connectivity index (χ1v) is 7.40. The molecule has 1 aliphatic heterocycles. The summed E-state index contributed by atoms with van der Waals surface area (Å²) in [5, 5.41) is 0.536. The predicted octanol–water partition coefficient (Wildman–Crippen LogP) is 3.03. The Hall–Kier alpha value is -1.85. The Morgan fingerprint density at radius 2 is 2.09 bits per heavy atom. The molecule has 1 aromatic heterocycles. The van der Waals surface area contributed by atoms with Crippen molar-refractivity contribution in [3.8, 4) is 0 Å². The predicted molar refractivity (Wildman–Crippen MR) is 81.4 cm³/mol. The molecule has 6 heteroatoms. The van der Waals surface area contributed by atoms with Crippen molar-refractivity contribution in [1.82, 2.24) is 9.47 Å². The Labute approximate surface area is 133 Å². The number of aromatic nitrogens is 1. The van der Waals surface area contributed by atoms with Gasteiger partial charge in [0.1, 0.15) is 17.6 Å². The van der Waals surface area contributed by atoms with Crippen LogP contribution in [0.15, 0.2) is 36.5 Å². The number of ether oxygens (including phenoxy) is 1. The Kier molecular flexibility index (Phi) is 4.18. The summed E-state index contributed by atoms with van der Waals surface area (Å²) in [5.74, 6) is -0.365. The van der Waals surface area contributed by atoms with Crippen molar-refractivity contribution in [3.63, 3.8) is 0 Å². The molecule has 0 bridgehead atoms. The van der Waals surface area contributed by atoms with Gasteiger partial charge in [0.15, 0.2) is 0 Å². The van der Waals surface area contributed by atoms with Crippen molar-refractivity contribution in [2.45, 2.75) is 6.10 Å². The van der Waals surface area contributed by atoms with Crippen LogP contribution < -0.4 is 0 Å². The Balaban J connectivity index is 1.76. The largest absolute Gasteiger partial charge is 0.370 e. The van der Waals surface area contributed by atoms with Gasteiger partial charge in [0.05, 0.1) is 18.2 Å². The first-order chi connectivity index (χ1) is 10.5. The van der Waals surface area contributed by atoms with Crippen molar-refractivity contribution in [3.05, 3.63) is 58.6 Å². The first kappa shape index (κ1) is 15.1. The van der Waals surface area contributed by atoms with Gasteiger partial charge in [0, 0.05) is 19.8 Å². The molecule has 0 unspecified atom stereocenters. The number of benzene rings is 1.